The molecule has 12 rings (SSSR count). The maximum absolute atomic E-state index is 9.40. The highest BCUT2D eigenvalue weighted by atomic mass is 16.5. The Kier molecular flexibility index (Phi) is 5.28. The molecule has 0 saturated heterocycles. The highest BCUT2D eigenvalue weighted by Crippen LogP contribution is 2.54. The minimum absolute atomic E-state index is 0.0436. The maximum atomic E-state index is 9.40. The number of fused-ring (bicyclic) bond motifs is 5. The monoisotopic (exact) mass is 816 g/mol. The van der Waals surface area contributed by atoms with Crippen LogP contribution in [0, 0.1) is 6.92 Å². The third kappa shape index (κ3) is 5.13. The molecule has 0 radical (unpaired) electrons. The number of benzene rings is 7. The largest absolute Gasteiger partial charge is 0.499 e. The second-order valence-corrected chi connectivity index (χ2v) is 17.7. The van der Waals surface area contributed by atoms with Gasteiger partial charge in [0.15, 0.2) is 17.2 Å². The summed E-state index contributed by atoms with van der Waals surface area (Å²) in [6, 6.07) is 43.5. The number of ether oxygens (including phenoxy) is 1. The number of aromatic nitrogens is 3. The molecule has 2 aromatic heterocycles. The van der Waals surface area contributed by atoms with Crippen molar-refractivity contribution in [1.29, 1.82) is 0 Å². The average Bonchev–Trinajstić information content (AvgIpc) is 4.00. The van der Waals surface area contributed by atoms with Crippen molar-refractivity contribution in [3.8, 4) is 78.6 Å². The summed E-state index contributed by atoms with van der Waals surface area (Å²) in [6.45, 7) is -2.73. The van der Waals surface area contributed by atoms with Crippen molar-refractivity contribution >= 4 is 11.0 Å². The first-order valence-corrected chi connectivity index (χ1v) is 20.9. The van der Waals surface area contributed by atoms with E-state index < -0.39 is 61.6 Å². The van der Waals surface area contributed by atoms with E-state index in [2.05, 4.69) is 116 Å². The van der Waals surface area contributed by atoms with Gasteiger partial charge in [-0.3, -0.25) is 0 Å². The van der Waals surface area contributed by atoms with Gasteiger partial charge < -0.3 is 4.74 Å². The van der Waals surface area contributed by atoms with Gasteiger partial charge >= 0.3 is 11.7 Å². The SMILES string of the molecule is [2H]c1c([2H])c(C(C([2H])([2H])[2H])(C([2H])([2H])[2H])C([2H])([2H])[2H])c([2H])c([2H])c1-c1cc[n+]2c(c1)-c1cc(-c3ccccc3)cc3c1C21Oc2ccccc2-c2n(-c4ccc(C)cc4-c4ccc(C(C)(C)C)cc4)c4cccc-3c4[n+]21. The second kappa shape index (κ2) is 12.7. The molecule has 3 aliphatic heterocycles. The number of pyridine rings is 1. The molecule has 0 amide bonds. The van der Waals surface area contributed by atoms with E-state index in [1.165, 1.54) is 5.56 Å². The molecule has 3 aliphatic rings. The number of imidazole rings is 1. The lowest BCUT2D eigenvalue weighted by molar-refractivity contribution is -0.997. The summed E-state index contributed by atoms with van der Waals surface area (Å²) in [7, 11) is 0. The standard InChI is InChI=1S/C58H49N3O/c1-36-20-29-49(46(32-36)39-23-27-43(28-24-39)57(5,6)7)60-50-18-13-17-44-47-33-41(37-14-9-8-10-15-37)34-48-51-35-40(38-21-25-42(26-22-38)56(2,3)4)30-31-59(51)58(53(47)48)61(54(44)50)55(60)45-16-11-12-19-52(45)62-58/h8-35H,1-7H3/q+2/i2D3,3D3,4D3,21D,22D,25D,26D. The van der Waals surface area contributed by atoms with Crippen molar-refractivity contribution in [2.45, 2.75) is 64.9 Å². The Hall–Kier alpha value is -7.04. The fourth-order valence-electron chi connectivity index (χ4n) is 9.85. The van der Waals surface area contributed by atoms with Gasteiger partial charge in [-0.05, 0) is 105 Å². The number of hydrogen-bond acceptors (Lipinski definition) is 1. The van der Waals surface area contributed by atoms with E-state index in [0.717, 1.165) is 78.2 Å². The number of aryl methyl sites for hydroxylation is 1. The van der Waals surface area contributed by atoms with Crippen LogP contribution >= 0.6 is 0 Å². The molecule has 0 saturated carbocycles. The lowest BCUT2D eigenvalue weighted by atomic mass is 9.85. The van der Waals surface area contributed by atoms with Crippen molar-refractivity contribution in [2.24, 2.45) is 0 Å². The molecule has 4 heteroatoms. The smallest absolute Gasteiger partial charge is 0.392 e. The third-order valence-corrected chi connectivity index (χ3v) is 12.7. The summed E-state index contributed by atoms with van der Waals surface area (Å²) in [5.41, 5.74) is 8.74. The van der Waals surface area contributed by atoms with E-state index in [-0.39, 0.29) is 16.5 Å². The molecule has 300 valence electrons. The van der Waals surface area contributed by atoms with Gasteiger partial charge in [0, 0.05) is 41.2 Å². The molecule has 0 bridgehead atoms. The van der Waals surface area contributed by atoms with Gasteiger partial charge in [0.05, 0.1) is 11.0 Å². The summed E-state index contributed by atoms with van der Waals surface area (Å²) in [5.74, 6) is 0.0182. The van der Waals surface area contributed by atoms with Crippen LogP contribution in [-0.4, -0.2) is 4.57 Å². The van der Waals surface area contributed by atoms with Crippen LogP contribution in [0.4, 0.5) is 0 Å². The predicted octanol–water partition coefficient (Wildman–Crippen LogP) is 13.3. The van der Waals surface area contributed by atoms with Gasteiger partial charge in [0.1, 0.15) is 22.6 Å². The molecule has 62 heavy (non-hydrogen) atoms. The average molecular weight is 817 g/mol. The third-order valence-electron chi connectivity index (χ3n) is 12.7. The van der Waals surface area contributed by atoms with Crippen LogP contribution in [0.3, 0.4) is 0 Å². The summed E-state index contributed by atoms with van der Waals surface area (Å²) in [6.07, 6.45) is 1.78. The molecule has 7 aromatic carbocycles. The minimum atomic E-state index is -3.81. The fourth-order valence-corrected chi connectivity index (χ4v) is 9.85. The Balaban J connectivity index is 1.17. The number of nitrogens with zero attached hydrogens (tertiary/aromatic N) is 3. The summed E-state index contributed by atoms with van der Waals surface area (Å²) in [4.78, 5) is 0. The normalized spacial score (nSPS) is 19.2. The van der Waals surface area contributed by atoms with Crippen LogP contribution in [0.1, 0.15) is 81.4 Å². The van der Waals surface area contributed by atoms with E-state index >= 15 is 0 Å². The van der Waals surface area contributed by atoms with Crippen LogP contribution in [0.2, 0.25) is 0 Å². The highest BCUT2D eigenvalue weighted by molar-refractivity contribution is 5.99. The molecule has 0 N–H and O–H groups in total. The molecular formula is C58H49N3O+2. The van der Waals surface area contributed by atoms with Gasteiger partial charge in [-0.25, -0.2) is 0 Å². The summed E-state index contributed by atoms with van der Waals surface area (Å²) in [5, 5.41) is 0. The van der Waals surface area contributed by atoms with Gasteiger partial charge in [-0.2, -0.15) is 4.57 Å². The first-order chi connectivity index (χ1) is 35.3. The van der Waals surface area contributed by atoms with Crippen molar-refractivity contribution < 1.29 is 31.7 Å². The maximum Gasteiger partial charge on any atom is 0.499 e. The van der Waals surface area contributed by atoms with Crippen molar-refractivity contribution in [2.75, 3.05) is 0 Å². The minimum Gasteiger partial charge on any atom is -0.392 e. The zero-order valence-corrected chi connectivity index (χ0v) is 34.6. The lowest BCUT2D eigenvalue weighted by Crippen LogP contribution is -2.78. The van der Waals surface area contributed by atoms with E-state index in [9.17, 15) is 5.48 Å². The van der Waals surface area contributed by atoms with Crippen LogP contribution in [0.25, 0.3) is 83.9 Å². The van der Waals surface area contributed by atoms with E-state index in [1.807, 2.05) is 53.1 Å². The topological polar surface area (TPSA) is 21.9 Å². The Morgan fingerprint density at radius 3 is 2.10 bits per heavy atom. The highest BCUT2D eigenvalue weighted by Gasteiger charge is 2.68. The fraction of sp³-hybridized carbons (Fsp3) is 0.172. The predicted molar refractivity (Wildman–Crippen MR) is 252 cm³/mol. The Morgan fingerprint density at radius 1 is 0.581 bits per heavy atom. The Bertz CT molecular complexity index is 3860. The number of hydrogen-bond donors (Lipinski definition) is 0. The number of para-hydroxylation sites is 2. The first-order valence-electron chi connectivity index (χ1n) is 27.4. The molecular weight excluding hydrogens is 755 g/mol. The molecule has 5 heterocycles. The van der Waals surface area contributed by atoms with Crippen LogP contribution in [0.5, 0.6) is 5.75 Å². The van der Waals surface area contributed by atoms with Gasteiger partial charge in [0.2, 0.25) is 5.69 Å². The van der Waals surface area contributed by atoms with Gasteiger partial charge in [-0.15, -0.1) is 9.13 Å². The Morgan fingerprint density at radius 2 is 1.32 bits per heavy atom. The lowest BCUT2D eigenvalue weighted by Gasteiger charge is -2.32. The molecule has 1 unspecified atom stereocenters. The quantitative estimate of drug-likeness (QED) is 0.162. The first kappa shape index (κ1) is 25.7. The van der Waals surface area contributed by atoms with E-state index in [4.69, 9.17) is 17.1 Å². The number of rotatable bonds is 4. The molecule has 0 fully saturated rings. The molecule has 1 atom stereocenters. The van der Waals surface area contributed by atoms with Crippen LogP contribution in [-0.2, 0) is 16.7 Å². The molecule has 1 spiro atoms. The van der Waals surface area contributed by atoms with Gasteiger partial charge in [0.25, 0.3) is 0 Å². The van der Waals surface area contributed by atoms with Crippen molar-refractivity contribution in [3.05, 3.63) is 192 Å². The Labute approximate surface area is 382 Å². The van der Waals surface area contributed by atoms with Gasteiger partial charge in [-0.1, -0.05) is 150 Å². The van der Waals surface area contributed by atoms with E-state index in [0.29, 0.717) is 11.4 Å². The van der Waals surface area contributed by atoms with Crippen LogP contribution in [0.15, 0.2) is 170 Å². The van der Waals surface area contributed by atoms with E-state index in [1.54, 1.807) is 18.3 Å². The summed E-state index contributed by atoms with van der Waals surface area (Å²) < 4.78 is 127. The molecule has 0 aliphatic carbocycles. The summed E-state index contributed by atoms with van der Waals surface area (Å²) >= 11 is 0. The van der Waals surface area contributed by atoms with Crippen molar-refractivity contribution in [3.63, 3.8) is 0 Å². The van der Waals surface area contributed by atoms with Crippen molar-refractivity contribution in [1.82, 2.24) is 4.57 Å². The zero-order valence-electron chi connectivity index (χ0n) is 47.6. The molecule has 4 nitrogen and oxygen atoms in total. The van der Waals surface area contributed by atoms with Crippen LogP contribution < -0.4 is 13.9 Å². The molecule has 9 aromatic rings. The second-order valence-electron chi connectivity index (χ2n) is 17.7. The zero-order chi connectivity index (χ0) is 53.3.